The average Bonchev–Trinajstić information content (AvgIpc) is 2.72. The van der Waals surface area contributed by atoms with Crippen LogP contribution in [-0.2, 0) is 12.0 Å². The number of ether oxygens (including phenoxy) is 1. The van der Waals surface area contributed by atoms with Crippen LogP contribution in [0, 0.1) is 0 Å². The molecule has 0 aromatic heterocycles. The van der Waals surface area contributed by atoms with Crippen LogP contribution in [0.1, 0.15) is 24.0 Å². The third kappa shape index (κ3) is 1.68. The first-order valence-electron chi connectivity index (χ1n) is 7.27. The molecule has 1 aliphatic carbocycles. The molecule has 112 valence electrons. The van der Waals surface area contributed by atoms with Crippen molar-refractivity contribution in [2.45, 2.75) is 36.9 Å². The number of nitrogens with zero attached hydrogens (tertiary/aromatic N) is 1. The van der Waals surface area contributed by atoms with Crippen molar-refractivity contribution in [2.24, 2.45) is 0 Å². The van der Waals surface area contributed by atoms with Crippen LogP contribution in [0.2, 0.25) is 0 Å². The van der Waals surface area contributed by atoms with Crippen LogP contribution in [0.25, 0.3) is 0 Å². The number of methoxy groups -OCH3 is 1. The zero-order valence-corrected chi connectivity index (χ0v) is 13.4. The van der Waals surface area contributed by atoms with Gasteiger partial charge in [0, 0.05) is 34.6 Å². The van der Waals surface area contributed by atoms with E-state index < -0.39 is 0 Å². The topological polar surface area (TPSA) is 52.9 Å². The van der Waals surface area contributed by atoms with Gasteiger partial charge in [-0.3, -0.25) is 4.90 Å². The summed E-state index contributed by atoms with van der Waals surface area (Å²) < 4.78 is 6.31. The van der Waals surface area contributed by atoms with E-state index in [0.29, 0.717) is 5.75 Å². The number of hydrogen-bond acceptors (Lipinski definition) is 4. The largest absolute Gasteiger partial charge is 0.504 e. The molecule has 4 unspecified atom stereocenters. The Balaban J connectivity index is 2.00. The van der Waals surface area contributed by atoms with Crippen LogP contribution in [0.3, 0.4) is 0 Å². The molecule has 1 aromatic rings. The number of aliphatic hydroxyl groups is 1. The zero-order chi connectivity index (χ0) is 14.8. The van der Waals surface area contributed by atoms with E-state index in [2.05, 4.69) is 26.9 Å². The Labute approximate surface area is 132 Å². The van der Waals surface area contributed by atoms with E-state index in [1.807, 2.05) is 12.1 Å². The van der Waals surface area contributed by atoms with E-state index in [9.17, 15) is 10.2 Å². The third-order valence-corrected chi connectivity index (χ3v) is 6.00. The molecule has 2 bridgehead atoms. The van der Waals surface area contributed by atoms with Gasteiger partial charge in [-0.1, -0.05) is 28.1 Å². The number of halogens is 1. The number of benzene rings is 1. The fourth-order valence-electron chi connectivity index (χ4n) is 4.36. The molecule has 4 atom stereocenters. The zero-order valence-electron chi connectivity index (χ0n) is 11.8. The van der Waals surface area contributed by atoms with Gasteiger partial charge in [-0.25, -0.2) is 0 Å². The Morgan fingerprint density at radius 2 is 2.29 bits per heavy atom. The highest BCUT2D eigenvalue weighted by Crippen LogP contribution is 2.56. The molecule has 1 fully saturated rings. The Kier molecular flexibility index (Phi) is 2.90. The summed E-state index contributed by atoms with van der Waals surface area (Å²) in [6, 6.07) is 2.10. The summed E-state index contributed by atoms with van der Waals surface area (Å²) in [7, 11) is 1.58. The van der Waals surface area contributed by atoms with Gasteiger partial charge in [0.25, 0.3) is 0 Å². The van der Waals surface area contributed by atoms with Gasteiger partial charge >= 0.3 is 0 Å². The lowest BCUT2D eigenvalue weighted by Gasteiger charge is -2.45. The van der Waals surface area contributed by atoms with Crippen LogP contribution < -0.4 is 4.74 Å². The van der Waals surface area contributed by atoms with Crippen LogP contribution in [0.15, 0.2) is 22.7 Å². The highest BCUT2D eigenvalue weighted by atomic mass is 79.9. The van der Waals surface area contributed by atoms with Crippen LogP contribution in [0.4, 0.5) is 0 Å². The molecular weight excluding hydrogens is 334 g/mol. The molecule has 0 saturated carbocycles. The fraction of sp³-hybridized carbons (Fsp3) is 0.500. The normalized spacial score (nSPS) is 36.2. The van der Waals surface area contributed by atoms with Gasteiger partial charge in [-0.15, -0.1) is 0 Å². The lowest BCUT2D eigenvalue weighted by atomic mass is 9.66. The fourth-order valence-corrected chi connectivity index (χ4v) is 4.89. The third-order valence-electron chi connectivity index (χ3n) is 5.29. The summed E-state index contributed by atoms with van der Waals surface area (Å²) in [5.74, 6) is 0.761. The average molecular weight is 352 g/mol. The second-order valence-corrected chi connectivity index (χ2v) is 7.06. The van der Waals surface area contributed by atoms with E-state index in [0.717, 1.165) is 41.5 Å². The van der Waals surface area contributed by atoms with Crippen molar-refractivity contribution >= 4 is 15.9 Å². The maximum absolute atomic E-state index is 10.7. The summed E-state index contributed by atoms with van der Waals surface area (Å²) in [5, 5.41) is 20.7. The van der Waals surface area contributed by atoms with Crippen LogP contribution in [0.5, 0.6) is 11.5 Å². The number of phenols is 1. The minimum absolute atomic E-state index is 0.200. The van der Waals surface area contributed by atoms with Gasteiger partial charge in [-0.05, 0) is 24.5 Å². The first-order valence-corrected chi connectivity index (χ1v) is 8.06. The summed E-state index contributed by atoms with van der Waals surface area (Å²) in [6.45, 7) is 1.80. The highest BCUT2D eigenvalue weighted by Gasteiger charge is 2.54. The van der Waals surface area contributed by atoms with Crippen molar-refractivity contribution in [1.29, 1.82) is 0 Å². The Morgan fingerprint density at radius 3 is 3.05 bits per heavy atom. The molecule has 4 rings (SSSR count). The Morgan fingerprint density at radius 1 is 1.48 bits per heavy atom. The van der Waals surface area contributed by atoms with Gasteiger partial charge < -0.3 is 14.9 Å². The maximum atomic E-state index is 10.7. The number of fused-ring (bicyclic) bond motifs is 1. The SMILES string of the molecule is COc1cc(Br)c2c(c1O)C13C=CC(O)CC1N(CC3)C2. The summed E-state index contributed by atoms with van der Waals surface area (Å²) >= 11 is 3.62. The van der Waals surface area contributed by atoms with Crippen molar-refractivity contribution < 1.29 is 14.9 Å². The second kappa shape index (κ2) is 4.48. The van der Waals surface area contributed by atoms with Crippen molar-refractivity contribution in [2.75, 3.05) is 13.7 Å². The Hall–Kier alpha value is -1.04. The maximum Gasteiger partial charge on any atom is 0.162 e. The van der Waals surface area contributed by atoms with Crippen molar-refractivity contribution in [1.82, 2.24) is 4.90 Å². The van der Waals surface area contributed by atoms with Crippen molar-refractivity contribution in [3.63, 3.8) is 0 Å². The van der Waals surface area contributed by atoms with E-state index in [4.69, 9.17) is 4.74 Å². The van der Waals surface area contributed by atoms with E-state index >= 15 is 0 Å². The van der Waals surface area contributed by atoms with Gasteiger partial charge in [0.05, 0.1) is 13.2 Å². The smallest absolute Gasteiger partial charge is 0.162 e. The molecule has 0 amide bonds. The lowest BCUT2D eigenvalue weighted by Crippen LogP contribution is -2.49. The van der Waals surface area contributed by atoms with E-state index in [-0.39, 0.29) is 23.3 Å². The molecule has 0 spiro atoms. The first kappa shape index (κ1) is 13.6. The molecule has 3 aliphatic rings. The standard InChI is InChI=1S/C16H18BrNO3/c1-21-12-7-11(17)10-8-18-5-4-16(14(10)15(12)20)3-2-9(19)6-13(16)18/h2-3,7,9,13,19-20H,4-6,8H2,1H3. The second-order valence-electron chi connectivity index (χ2n) is 6.20. The van der Waals surface area contributed by atoms with E-state index in [1.54, 1.807) is 7.11 Å². The molecular formula is C16H18BrNO3. The highest BCUT2D eigenvalue weighted by molar-refractivity contribution is 9.10. The Bertz CT molecular complexity index is 645. The number of aromatic hydroxyl groups is 1. The molecule has 0 radical (unpaired) electrons. The first-order chi connectivity index (χ1) is 10.1. The van der Waals surface area contributed by atoms with Gasteiger partial charge in [-0.2, -0.15) is 0 Å². The molecule has 21 heavy (non-hydrogen) atoms. The summed E-state index contributed by atoms with van der Waals surface area (Å²) in [5.41, 5.74) is 1.92. The van der Waals surface area contributed by atoms with Crippen molar-refractivity contribution in [3.8, 4) is 11.5 Å². The van der Waals surface area contributed by atoms with Gasteiger partial charge in [0.2, 0.25) is 0 Å². The number of rotatable bonds is 1. The molecule has 2 N–H and O–H groups in total. The predicted octanol–water partition coefficient (Wildman–Crippen LogP) is 2.31. The van der Waals surface area contributed by atoms with Crippen molar-refractivity contribution in [3.05, 3.63) is 33.8 Å². The summed E-state index contributed by atoms with van der Waals surface area (Å²) in [6.07, 6.45) is 5.30. The number of phenolic OH excluding ortho intramolecular Hbond substituents is 1. The predicted molar refractivity (Wildman–Crippen MR) is 82.6 cm³/mol. The quantitative estimate of drug-likeness (QED) is 0.762. The molecule has 1 aromatic carbocycles. The lowest BCUT2D eigenvalue weighted by molar-refractivity contribution is 0.109. The number of hydrogen-bond donors (Lipinski definition) is 2. The van der Waals surface area contributed by atoms with Crippen LogP contribution >= 0.6 is 15.9 Å². The summed E-state index contributed by atoms with van der Waals surface area (Å²) in [4.78, 5) is 2.42. The minimum atomic E-state index is -0.388. The molecule has 5 heteroatoms. The molecule has 4 nitrogen and oxygen atoms in total. The van der Waals surface area contributed by atoms with Gasteiger partial charge in [0.1, 0.15) is 0 Å². The monoisotopic (exact) mass is 351 g/mol. The minimum Gasteiger partial charge on any atom is -0.504 e. The molecule has 2 heterocycles. The van der Waals surface area contributed by atoms with Crippen LogP contribution in [-0.4, -0.2) is 40.9 Å². The molecule has 2 aliphatic heterocycles. The molecule has 1 saturated heterocycles. The van der Waals surface area contributed by atoms with E-state index in [1.165, 1.54) is 0 Å². The number of aliphatic hydroxyl groups excluding tert-OH is 1. The van der Waals surface area contributed by atoms with Gasteiger partial charge in [0.15, 0.2) is 11.5 Å².